The molecule has 1 saturated heterocycles. The number of aliphatic imine (C=N–C) groups is 2. The molecule has 180 valence electrons. The van der Waals surface area contributed by atoms with Crippen molar-refractivity contribution >= 4 is 29.7 Å². The number of ether oxygens (including phenoxy) is 1. The molecule has 10 heteroatoms. The van der Waals surface area contributed by atoms with Crippen molar-refractivity contribution in [2.75, 3.05) is 25.1 Å². The number of quaternary nitrogens is 1. The van der Waals surface area contributed by atoms with Gasteiger partial charge >= 0.3 is 0 Å². The van der Waals surface area contributed by atoms with Gasteiger partial charge in [-0.3, -0.25) is 14.6 Å². The van der Waals surface area contributed by atoms with Crippen molar-refractivity contribution in [3.05, 3.63) is 83.6 Å². The molecule has 2 amide bonds. The molecular formula is C26H24N7O3+. The van der Waals surface area contributed by atoms with Gasteiger partial charge in [0, 0.05) is 18.3 Å². The SMILES string of the molecule is CC#CC(=O)N1CCOCC1C1=C2C=NC=C[N+]2(N)C(c2ccc(C(=O)Nc3ccccn3)cc2)=N1. The predicted molar refractivity (Wildman–Crippen MR) is 134 cm³/mol. The molecule has 3 aliphatic heterocycles. The van der Waals surface area contributed by atoms with Crippen LogP contribution in [0.4, 0.5) is 5.82 Å². The van der Waals surface area contributed by atoms with E-state index in [0.717, 1.165) is 5.56 Å². The summed E-state index contributed by atoms with van der Waals surface area (Å²) in [5, 5.41) is 2.77. The molecule has 2 unspecified atom stereocenters. The Kier molecular flexibility index (Phi) is 6.26. The number of amides is 2. The molecule has 3 N–H and O–H groups in total. The summed E-state index contributed by atoms with van der Waals surface area (Å²) in [5.41, 5.74) is 2.43. The van der Waals surface area contributed by atoms with Crippen molar-refractivity contribution in [1.29, 1.82) is 0 Å². The monoisotopic (exact) mass is 482 g/mol. The van der Waals surface area contributed by atoms with E-state index in [-0.39, 0.29) is 23.0 Å². The number of nitrogens with two attached hydrogens (primary N) is 1. The summed E-state index contributed by atoms with van der Waals surface area (Å²) in [4.78, 5) is 40.3. The zero-order valence-electron chi connectivity index (χ0n) is 19.6. The van der Waals surface area contributed by atoms with Crippen LogP contribution in [0.1, 0.15) is 22.8 Å². The van der Waals surface area contributed by atoms with Crippen LogP contribution in [-0.2, 0) is 9.53 Å². The highest BCUT2D eigenvalue weighted by Crippen LogP contribution is 2.34. The van der Waals surface area contributed by atoms with E-state index >= 15 is 0 Å². The van der Waals surface area contributed by atoms with Crippen LogP contribution in [-0.4, -0.2) is 64.1 Å². The minimum atomic E-state index is -0.456. The summed E-state index contributed by atoms with van der Waals surface area (Å²) in [6.45, 7) is 2.72. The van der Waals surface area contributed by atoms with Gasteiger partial charge < -0.3 is 15.0 Å². The van der Waals surface area contributed by atoms with Crippen molar-refractivity contribution < 1.29 is 18.9 Å². The minimum Gasteiger partial charge on any atom is -0.377 e. The van der Waals surface area contributed by atoms with Crippen LogP contribution in [0.2, 0.25) is 0 Å². The second-order valence-electron chi connectivity index (χ2n) is 8.27. The van der Waals surface area contributed by atoms with Crippen LogP contribution in [0.25, 0.3) is 0 Å². The third-order valence-corrected chi connectivity index (χ3v) is 6.07. The molecule has 0 aliphatic carbocycles. The zero-order chi connectivity index (χ0) is 25.1. The molecule has 0 radical (unpaired) electrons. The van der Waals surface area contributed by atoms with Gasteiger partial charge in [-0.1, -0.05) is 12.0 Å². The first kappa shape index (κ1) is 23.3. The average molecular weight is 483 g/mol. The maximum absolute atomic E-state index is 12.7. The summed E-state index contributed by atoms with van der Waals surface area (Å²) >= 11 is 0. The normalized spacial score (nSPS) is 22.4. The van der Waals surface area contributed by atoms with E-state index in [0.29, 0.717) is 41.8 Å². The highest BCUT2D eigenvalue weighted by atomic mass is 16.5. The van der Waals surface area contributed by atoms with Gasteiger partial charge in [-0.25, -0.2) is 4.98 Å². The van der Waals surface area contributed by atoms with Crippen LogP contribution in [0.3, 0.4) is 0 Å². The molecule has 10 nitrogen and oxygen atoms in total. The molecule has 5 rings (SSSR count). The molecule has 1 aromatic heterocycles. The smallest absolute Gasteiger partial charge is 0.299 e. The number of allylic oxidation sites excluding steroid dienone is 1. The Balaban J connectivity index is 1.46. The Hall–Kier alpha value is -4.43. The molecule has 0 spiro atoms. The Morgan fingerprint density at radius 1 is 1.22 bits per heavy atom. The Labute approximate surface area is 208 Å². The molecule has 4 heterocycles. The lowest BCUT2D eigenvalue weighted by Crippen LogP contribution is -2.54. The van der Waals surface area contributed by atoms with Crippen LogP contribution in [0.5, 0.6) is 0 Å². The van der Waals surface area contributed by atoms with E-state index in [1.54, 1.807) is 79.1 Å². The van der Waals surface area contributed by atoms with Crippen LogP contribution >= 0.6 is 0 Å². The molecule has 1 aromatic carbocycles. The van der Waals surface area contributed by atoms with E-state index in [1.165, 1.54) is 0 Å². The number of benzene rings is 1. The van der Waals surface area contributed by atoms with Gasteiger partial charge in [-0.2, -0.15) is 10.8 Å². The van der Waals surface area contributed by atoms with Gasteiger partial charge in [0.25, 0.3) is 17.6 Å². The fraction of sp³-hybridized carbons (Fsp3) is 0.192. The highest BCUT2D eigenvalue weighted by molar-refractivity contribution is 6.05. The van der Waals surface area contributed by atoms with Gasteiger partial charge in [-0.15, -0.1) is 4.59 Å². The quantitative estimate of drug-likeness (QED) is 0.391. The van der Waals surface area contributed by atoms with Crippen molar-refractivity contribution in [3.8, 4) is 11.8 Å². The fourth-order valence-electron chi connectivity index (χ4n) is 4.30. The van der Waals surface area contributed by atoms with E-state index in [1.807, 2.05) is 0 Å². The lowest BCUT2D eigenvalue weighted by molar-refractivity contribution is -0.750. The Bertz CT molecular complexity index is 1380. The second kappa shape index (κ2) is 9.67. The number of nitrogens with zero attached hydrogens (tertiary/aromatic N) is 5. The van der Waals surface area contributed by atoms with E-state index < -0.39 is 6.04 Å². The summed E-state index contributed by atoms with van der Waals surface area (Å²) in [7, 11) is 0. The standard InChI is InChI=1S/C26H23N7O3/c1-2-5-23(34)32-13-15-36-17-20(32)24-21-16-28-12-14-33(21,27)25(31-24)18-7-9-19(10-8-18)26(35)30-22-6-3-4-11-29-22/h3-4,6-12,14,16,20H,13,15,17,27H2,1H3/p+1. The first-order chi connectivity index (χ1) is 17.5. The van der Waals surface area contributed by atoms with E-state index in [2.05, 4.69) is 27.1 Å². The van der Waals surface area contributed by atoms with Crippen molar-refractivity contribution in [2.24, 2.45) is 15.8 Å². The number of aromatic nitrogens is 1. The molecule has 3 aliphatic rings. The van der Waals surface area contributed by atoms with Crippen molar-refractivity contribution in [2.45, 2.75) is 13.0 Å². The van der Waals surface area contributed by atoms with E-state index in [4.69, 9.17) is 15.6 Å². The first-order valence-electron chi connectivity index (χ1n) is 11.4. The zero-order valence-corrected chi connectivity index (χ0v) is 19.6. The van der Waals surface area contributed by atoms with Crippen LogP contribution in [0, 0.1) is 11.8 Å². The molecule has 0 bridgehead atoms. The topological polar surface area (TPSA) is 122 Å². The molecule has 36 heavy (non-hydrogen) atoms. The van der Waals surface area contributed by atoms with E-state index in [9.17, 15) is 9.59 Å². The summed E-state index contributed by atoms with van der Waals surface area (Å²) < 4.78 is 5.48. The van der Waals surface area contributed by atoms with Crippen LogP contribution < -0.4 is 11.2 Å². The summed E-state index contributed by atoms with van der Waals surface area (Å²) in [6, 6.07) is 11.8. The molecule has 2 atom stereocenters. The van der Waals surface area contributed by atoms with Gasteiger partial charge in [0.2, 0.25) is 5.70 Å². The Morgan fingerprint density at radius 3 is 2.81 bits per heavy atom. The highest BCUT2D eigenvalue weighted by Gasteiger charge is 2.47. The number of nitrogens with one attached hydrogen (secondary N) is 1. The molecule has 1 fully saturated rings. The number of fused-ring (bicyclic) bond motifs is 1. The number of pyridine rings is 1. The number of morpholine rings is 1. The summed E-state index contributed by atoms with van der Waals surface area (Å²) in [5.74, 6) is 12.6. The molecule has 0 saturated carbocycles. The summed E-state index contributed by atoms with van der Waals surface area (Å²) in [6.07, 6.45) is 6.60. The fourth-order valence-corrected chi connectivity index (χ4v) is 4.30. The minimum absolute atomic E-state index is 0.212. The number of rotatable bonds is 4. The number of anilines is 1. The second-order valence-corrected chi connectivity index (χ2v) is 8.27. The average Bonchev–Trinajstić information content (AvgIpc) is 3.22. The largest absolute Gasteiger partial charge is 0.377 e. The number of carbonyl (C=O) groups excluding carboxylic acids is 2. The van der Waals surface area contributed by atoms with Gasteiger partial charge in [-0.05, 0) is 49.2 Å². The number of amidine groups is 1. The number of hydrogen-bond acceptors (Lipinski definition) is 7. The molecular weight excluding hydrogens is 458 g/mol. The third-order valence-electron chi connectivity index (χ3n) is 6.07. The predicted octanol–water partition coefficient (Wildman–Crippen LogP) is 1.80. The molecule has 2 aromatic rings. The van der Waals surface area contributed by atoms with Gasteiger partial charge in [0.1, 0.15) is 23.8 Å². The van der Waals surface area contributed by atoms with Crippen molar-refractivity contribution in [3.63, 3.8) is 0 Å². The number of carbonyl (C=O) groups is 2. The lowest BCUT2D eigenvalue weighted by atomic mass is 10.1. The lowest BCUT2D eigenvalue weighted by Gasteiger charge is -2.34. The van der Waals surface area contributed by atoms with Crippen LogP contribution in [0.15, 0.2) is 82.4 Å². The van der Waals surface area contributed by atoms with Gasteiger partial charge in [0.05, 0.1) is 31.2 Å². The maximum Gasteiger partial charge on any atom is 0.299 e. The van der Waals surface area contributed by atoms with Gasteiger partial charge in [0.15, 0.2) is 0 Å². The number of hydrogen-bond donors (Lipinski definition) is 2. The maximum atomic E-state index is 12.7. The first-order valence-corrected chi connectivity index (χ1v) is 11.4. The third kappa shape index (κ3) is 4.23. The Morgan fingerprint density at radius 2 is 2.06 bits per heavy atom. The van der Waals surface area contributed by atoms with Crippen molar-refractivity contribution in [1.82, 2.24) is 9.88 Å².